The minimum absolute atomic E-state index is 0.0539. The Bertz CT molecular complexity index is 510. The summed E-state index contributed by atoms with van der Waals surface area (Å²) in [6, 6.07) is 2.33. The SMILES string of the molecule is CCCCCCCCCCOc1cc(O)c(C=O)cc1C(=O)O. The lowest BCUT2D eigenvalue weighted by Crippen LogP contribution is -2.05. The highest BCUT2D eigenvalue weighted by Crippen LogP contribution is 2.28. The Morgan fingerprint density at radius 3 is 2.26 bits per heavy atom. The second kappa shape index (κ2) is 10.6. The van der Waals surface area contributed by atoms with Gasteiger partial charge in [-0.1, -0.05) is 51.9 Å². The Kier molecular flexibility index (Phi) is 8.80. The van der Waals surface area contributed by atoms with Crippen LogP contribution in [0.4, 0.5) is 0 Å². The number of benzene rings is 1. The zero-order valence-corrected chi connectivity index (χ0v) is 13.7. The quantitative estimate of drug-likeness (QED) is 0.439. The summed E-state index contributed by atoms with van der Waals surface area (Å²) in [4.78, 5) is 21.9. The third-order valence-electron chi connectivity index (χ3n) is 3.74. The fourth-order valence-corrected chi connectivity index (χ4v) is 2.38. The van der Waals surface area contributed by atoms with Gasteiger partial charge in [-0.3, -0.25) is 4.79 Å². The number of aromatic carboxylic acids is 1. The molecule has 0 aromatic heterocycles. The summed E-state index contributed by atoms with van der Waals surface area (Å²) in [5, 5.41) is 18.8. The number of aldehydes is 1. The maximum Gasteiger partial charge on any atom is 0.339 e. The normalized spacial score (nSPS) is 10.5. The first-order valence-corrected chi connectivity index (χ1v) is 8.28. The lowest BCUT2D eigenvalue weighted by molar-refractivity contribution is 0.0692. The van der Waals surface area contributed by atoms with Crippen LogP contribution in [0.15, 0.2) is 12.1 Å². The summed E-state index contributed by atoms with van der Waals surface area (Å²) < 4.78 is 5.47. The number of aromatic hydroxyl groups is 1. The Labute approximate surface area is 137 Å². The average molecular weight is 322 g/mol. The van der Waals surface area contributed by atoms with Crippen molar-refractivity contribution in [1.82, 2.24) is 0 Å². The molecule has 0 unspecified atom stereocenters. The first kappa shape index (κ1) is 19.0. The van der Waals surface area contributed by atoms with Crippen molar-refractivity contribution in [1.29, 1.82) is 0 Å². The van der Waals surface area contributed by atoms with Crippen LogP contribution in [0.3, 0.4) is 0 Å². The van der Waals surface area contributed by atoms with E-state index >= 15 is 0 Å². The molecule has 0 saturated carbocycles. The highest BCUT2D eigenvalue weighted by atomic mass is 16.5. The standard InChI is InChI=1S/C18H26O5/c1-2-3-4-5-6-7-8-9-10-23-17-12-16(20)14(13-19)11-15(17)18(21)22/h11-13,20H,2-10H2,1H3,(H,21,22). The lowest BCUT2D eigenvalue weighted by atomic mass is 10.1. The predicted octanol–water partition coefficient (Wildman–Crippen LogP) is 4.42. The van der Waals surface area contributed by atoms with Gasteiger partial charge in [-0.2, -0.15) is 0 Å². The van der Waals surface area contributed by atoms with E-state index in [-0.39, 0.29) is 22.6 Å². The topological polar surface area (TPSA) is 83.8 Å². The van der Waals surface area contributed by atoms with Gasteiger partial charge in [-0.15, -0.1) is 0 Å². The summed E-state index contributed by atoms with van der Waals surface area (Å²) in [5.41, 5.74) is -0.161. The second-order valence-electron chi connectivity index (χ2n) is 5.65. The molecule has 23 heavy (non-hydrogen) atoms. The predicted molar refractivity (Wildman–Crippen MR) is 88.6 cm³/mol. The van der Waals surface area contributed by atoms with Crippen molar-refractivity contribution in [2.45, 2.75) is 58.3 Å². The molecule has 0 amide bonds. The van der Waals surface area contributed by atoms with E-state index in [0.717, 1.165) is 25.3 Å². The summed E-state index contributed by atoms with van der Waals surface area (Å²) in [6.45, 7) is 2.59. The highest BCUT2D eigenvalue weighted by Gasteiger charge is 2.15. The van der Waals surface area contributed by atoms with Gasteiger partial charge >= 0.3 is 5.97 Å². The Morgan fingerprint density at radius 2 is 1.70 bits per heavy atom. The molecule has 0 aliphatic carbocycles. The number of ether oxygens (including phenoxy) is 1. The van der Waals surface area contributed by atoms with Crippen LogP contribution in [0.5, 0.6) is 11.5 Å². The van der Waals surface area contributed by atoms with E-state index < -0.39 is 5.97 Å². The number of carbonyl (C=O) groups excluding carboxylic acids is 1. The number of phenolic OH excluding ortho intramolecular Hbond substituents is 1. The Hall–Kier alpha value is -2.04. The molecule has 1 rings (SSSR count). The zero-order chi connectivity index (χ0) is 17.1. The first-order valence-electron chi connectivity index (χ1n) is 8.28. The summed E-state index contributed by atoms with van der Waals surface area (Å²) in [7, 11) is 0. The van der Waals surface area contributed by atoms with Crippen molar-refractivity contribution in [2.75, 3.05) is 6.61 Å². The molecule has 5 nitrogen and oxygen atoms in total. The minimum atomic E-state index is -1.18. The molecule has 0 spiro atoms. The molecule has 0 bridgehead atoms. The molecule has 0 heterocycles. The van der Waals surface area contributed by atoms with E-state index in [4.69, 9.17) is 9.84 Å². The average Bonchev–Trinajstić information content (AvgIpc) is 2.53. The molecule has 5 heteroatoms. The number of hydrogen-bond acceptors (Lipinski definition) is 4. The molecule has 0 saturated heterocycles. The van der Waals surface area contributed by atoms with Crippen molar-refractivity contribution in [3.05, 3.63) is 23.3 Å². The van der Waals surface area contributed by atoms with Gasteiger partial charge in [0.2, 0.25) is 0 Å². The van der Waals surface area contributed by atoms with Gasteiger partial charge in [0.25, 0.3) is 0 Å². The molecule has 2 N–H and O–H groups in total. The maximum absolute atomic E-state index is 11.2. The molecule has 0 radical (unpaired) electrons. The molecule has 0 aliphatic heterocycles. The van der Waals surface area contributed by atoms with Gasteiger partial charge in [0, 0.05) is 6.07 Å². The van der Waals surface area contributed by atoms with Gasteiger partial charge in [0.05, 0.1) is 12.2 Å². The highest BCUT2D eigenvalue weighted by molar-refractivity contribution is 5.94. The van der Waals surface area contributed by atoms with Gasteiger partial charge in [0.1, 0.15) is 17.1 Å². The van der Waals surface area contributed by atoms with Gasteiger partial charge in [-0.25, -0.2) is 4.79 Å². The third kappa shape index (κ3) is 6.72. The van der Waals surface area contributed by atoms with Crippen molar-refractivity contribution in [3.8, 4) is 11.5 Å². The lowest BCUT2D eigenvalue weighted by Gasteiger charge is -2.10. The largest absolute Gasteiger partial charge is 0.507 e. The summed E-state index contributed by atoms with van der Waals surface area (Å²) in [6.07, 6.45) is 9.75. The summed E-state index contributed by atoms with van der Waals surface area (Å²) in [5.74, 6) is -1.35. The van der Waals surface area contributed by atoms with Crippen LogP contribution in [0.2, 0.25) is 0 Å². The van der Waals surface area contributed by atoms with Crippen molar-refractivity contribution in [3.63, 3.8) is 0 Å². The van der Waals surface area contributed by atoms with E-state index in [1.54, 1.807) is 0 Å². The number of rotatable bonds is 12. The van der Waals surface area contributed by atoms with Crippen LogP contribution in [-0.4, -0.2) is 29.1 Å². The Balaban J connectivity index is 2.38. The number of unbranched alkanes of at least 4 members (excludes halogenated alkanes) is 7. The molecular formula is C18H26O5. The molecular weight excluding hydrogens is 296 g/mol. The van der Waals surface area contributed by atoms with E-state index in [9.17, 15) is 14.7 Å². The number of carbonyl (C=O) groups is 2. The second-order valence-corrected chi connectivity index (χ2v) is 5.65. The van der Waals surface area contributed by atoms with Crippen LogP contribution in [0, 0.1) is 0 Å². The third-order valence-corrected chi connectivity index (χ3v) is 3.74. The first-order chi connectivity index (χ1) is 11.1. The molecule has 0 fully saturated rings. The van der Waals surface area contributed by atoms with E-state index in [2.05, 4.69) is 6.92 Å². The van der Waals surface area contributed by atoms with Crippen LogP contribution >= 0.6 is 0 Å². The number of phenols is 1. The number of carboxylic acids is 1. The van der Waals surface area contributed by atoms with Gasteiger partial charge in [-0.05, 0) is 12.5 Å². The van der Waals surface area contributed by atoms with Crippen LogP contribution in [0.25, 0.3) is 0 Å². The minimum Gasteiger partial charge on any atom is -0.507 e. The van der Waals surface area contributed by atoms with Crippen molar-refractivity contribution in [2.24, 2.45) is 0 Å². The van der Waals surface area contributed by atoms with Crippen LogP contribution in [0.1, 0.15) is 79.0 Å². The fourth-order valence-electron chi connectivity index (χ4n) is 2.38. The van der Waals surface area contributed by atoms with E-state index in [1.165, 1.54) is 38.2 Å². The monoisotopic (exact) mass is 322 g/mol. The number of hydrogen-bond donors (Lipinski definition) is 2. The van der Waals surface area contributed by atoms with Crippen molar-refractivity contribution >= 4 is 12.3 Å². The van der Waals surface area contributed by atoms with Gasteiger partial charge < -0.3 is 14.9 Å². The molecule has 1 aromatic rings. The smallest absolute Gasteiger partial charge is 0.339 e. The van der Waals surface area contributed by atoms with Crippen LogP contribution < -0.4 is 4.74 Å². The number of carboxylic acid groups (broad SMARTS) is 1. The van der Waals surface area contributed by atoms with Crippen molar-refractivity contribution < 1.29 is 24.5 Å². The Morgan fingerprint density at radius 1 is 1.09 bits per heavy atom. The van der Waals surface area contributed by atoms with E-state index in [0.29, 0.717) is 12.9 Å². The van der Waals surface area contributed by atoms with Gasteiger partial charge in [0.15, 0.2) is 6.29 Å². The zero-order valence-electron chi connectivity index (χ0n) is 13.7. The molecule has 1 aromatic carbocycles. The summed E-state index contributed by atoms with van der Waals surface area (Å²) >= 11 is 0. The molecule has 128 valence electrons. The fraction of sp³-hybridized carbons (Fsp3) is 0.556. The molecule has 0 aliphatic rings. The van der Waals surface area contributed by atoms with Crippen LogP contribution in [-0.2, 0) is 0 Å². The maximum atomic E-state index is 11.2. The van der Waals surface area contributed by atoms with E-state index in [1.807, 2.05) is 0 Å². The molecule has 0 atom stereocenters.